The highest BCUT2D eigenvalue weighted by atomic mass is 14.1. The molecule has 0 heterocycles. The van der Waals surface area contributed by atoms with Crippen LogP contribution in [0.3, 0.4) is 0 Å². The molecule has 0 bridgehead atoms. The highest BCUT2D eigenvalue weighted by Crippen LogP contribution is 2.20. The van der Waals surface area contributed by atoms with E-state index < -0.39 is 0 Å². The van der Waals surface area contributed by atoms with Crippen molar-refractivity contribution < 1.29 is 0 Å². The van der Waals surface area contributed by atoms with Crippen LogP contribution in [0, 0.1) is 13.8 Å². The fraction of sp³-hybridized carbons (Fsp3) is 0.474. The average molecular weight is 260 g/mol. The van der Waals surface area contributed by atoms with E-state index in [1.165, 1.54) is 27.8 Å². The van der Waals surface area contributed by atoms with E-state index in [-0.39, 0.29) is 0 Å². The van der Waals surface area contributed by atoms with Crippen LogP contribution in [0.4, 0.5) is 0 Å². The summed E-state index contributed by atoms with van der Waals surface area (Å²) in [7, 11) is 0. The van der Waals surface area contributed by atoms with Crippen LogP contribution in [-0.2, 0) is 0 Å². The van der Waals surface area contributed by atoms with Crippen molar-refractivity contribution in [2.24, 2.45) is 0 Å². The topological polar surface area (TPSA) is 0 Å². The summed E-state index contributed by atoms with van der Waals surface area (Å²) < 4.78 is 0. The molecule has 0 unspecified atom stereocenters. The molecule has 108 valence electrons. The zero-order valence-electron chi connectivity index (χ0n) is 14.2. The van der Waals surface area contributed by atoms with Gasteiger partial charge in [-0.2, -0.15) is 0 Å². The standard InChI is InChI=1S/C15H20.2C2H6/c1-6-11(3)8-15-10-13(5)12(4)9-14(15)7-2;2*1-2/h7-10H,2,6H2,1,3-5H3;2*1-2H3/b11-8-;;. The Morgan fingerprint density at radius 1 is 1.00 bits per heavy atom. The van der Waals surface area contributed by atoms with Crippen LogP contribution in [0.15, 0.2) is 24.3 Å². The van der Waals surface area contributed by atoms with Crippen molar-refractivity contribution in [3.63, 3.8) is 0 Å². The van der Waals surface area contributed by atoms with Crippen LogP contribution in [0.1, 0.15) is 70.2 Å². The maximum Gasteiger partial charge on any atom is -0.0182 e. The van der Waals surface area contributed by atoms with Gasteiger partial charge in [0.15, 0.2) is 0 Å². The molecule has 0 amide bonds. The van der Waals surface area contributed by atoms with Gasteiger partial charge < -0.3 is 0 Å². The first-order chi connectivity index (χ1) is 9.08. The molecule has 0 fully saturated rings. The molecule has 0 nitrogen and oxygen atoms in total. The van der Waals surface area contributed by atoms with E-state index in [1.807, 2.05) is 33.8 Å². The first-order valence-corrected chi connectivity index (χ1v) is 7.49. The molecule has 0 aliphatic carbocycles. The molecule has 0 aromatic heterocycles. The summed E-state index contributed by atoms with van der Waals surface area (Å²) in [6, 6.07) is 4.45. The molecule has 1 aromatic rings. The Balaban J connectivity index is 0. The monoisotopic (exact) mass is 260 g/mol. The van der Waals surface area contributed by atoms with Crippen LogP contribution in [0.25, 0.3) is 12.2 Å². The summed E-state index contributed by atoms with van der Waals surface area (Å²) in [6.45, 7) is 20.5. The Morgan fingerprint density at radius 3 is 1.79 bits per heavy atom. The highest BCUT2D eigenvalue weighted by Gasteiger charge is 2.00. The minimum Gasteiger partial charge on any atom is -0.0984 e. The Bertz CT molecular complexity index is 395. The Morgan fingerprint density at radius 2 is 1.42 bits per heavy atom. The predicted octanol–water partition coefficient (Wildman–Crippen LogP) is 6.81. The molecule has 0 atom stereocenters. The van der Waals surface area contributed by atoms with E-state index in [0.717, 1.165) is 6.42 Å². The first kappa shape index (κ1) is 20.0. The maximum absolute atomic E-state index is 3.87. The van der Waals surface area contributed by atoms with Crippen molar-refractivity contribution in [1.29, 1.82) is 0 Å². The number of aryl methyl sites for hydroxylation is 2. The van der Waals surface area contributed by atoms with Gasteiger partial charge in [-0.05, 0) is 49.4 Å². The largest absolute Gasteiger partial charge is 0.0984 e. The number of hydrogen-bond donors (Lipinski definition) is 0. The average Bonchev–Trinajstić information content (AvgIpc) is 2.46. The minimum absolute atomic E-state index is 1.10. The van der Waals surface area contributed by atoms with Crippen LogP contribution < -0.4 is 0 Å². The van der Waals surface area contributed by atoms with Gasteiger partial charge in [-0.25, -0.2) is 0 Å². The van der Waals surface area contributed by atoms with Crippen molar-refractivity contribution in [3.05, 3.63) is 46.5 Å². The van der Waals surface area contributed by atoms with E-state index in [1.54, 1.807) is 0 Å². The van der Waals surface area contributed by atoms with Gasteiger partial charge in [0.05, 0.1) is 0 Å². The summed E-state index contributed by atoms with van der Waals surface area (Å²) in [6.07, 6.45) is 5.29. The van der Waals surface area contributed by atoms with Crippen molar-refractivity contribution in [2.45, 2.75) is 61.8 Å². The minimum atomic E-state index is 1.10. The van der Waals surface area contributed by atoms with Crippen molar-refractivity contribution in [3.8, 4) is 0 Å². The second kappa shape index (κ2) is 11.8. The molecular weight excluding hydrogens is 228 g/mol. The molecule has 19 heavy (non-hydrogen) atoms. The van der Waals surface area contributed by atoms with E-state index in [2.05, 4.69) is 52.5 Å². The Kier molecular flexibility index (Phi) is 12.4. The molecule has 0 heteroatoms. The molecule has 0 aliphatic heterocycles. The zero-order chi connectivity index (χ0) is 15.4. The third-order valence-corrected chi connectivity index (χ3v) is 2.88. The van der Waals surface area contributed by atoms with Crippen molar-refractivity contribution >= 4 is 12.2 Å². The lowest BCUT2D eigenvalue weighted by Gasteiger charge is -2.07. The fourth-order valence-electron chi connectivity index (χ4n) is 1.53. The molecule has 0 saturated carbocycles. The summed E-state index contributed by atoms with van der Waals surface area (Å²) in [5.74, 6) is 0. The smallest absolute Gasteiger partial charge is 0.0182 e. The molecular formula is C19H32. The van der Waals surface area contributed by atoms with Crippen molar-refractivity contribution in [2.75, 3.05) is 0 Å². The van der Waals surface area contributed by atoms with Crippen LogP contribution in [-0.4, -0.2) is 0 Å². The number of hydrogen-bond acceptors (Lipinski definition) is 0. The molecule has 1 aromatic carbocycles. The SMILES string of the molecule is C=Cc1cc(C)c(C)cc1/C=C(/C)CC.CC.CC. The molecule has 0 radical (unpaired) electrons. The van der Waals surface area contributed by atoms with Gasteiger partial charge >= 0.3 is 0 Å². The van der Waals surface area contributed by atoms with Crippen LogP contribution >= 0.6 is 0 Å². The van der Waals surface area contributed by atoms with Crippen molar-refractivity contribution in [1.82, 2.24) is 0 Å². The Hall–Kier alpha value is -1.30. The summed E-state index contributed by atoms with van der Waals surface area (Å²) in [5, 5.41) is 0. The molecule has 0 N–H and O–H groups in total. The lowest BCUT2D eigenvalue weighted by Crippen LogP contribution is -1.88. The third-order valence-electron chi connectivity index (χ3n) is 2.88. The molecule has 0 spiro atoms. The predicted molar refractivity (Wildman–Crippen MR) is 92.6 cm³/mol. The van der Waals surface area contributed by atoms with E-state index in [9.17, 15) is 0 Å². The first-order valence-electron chi connectivity index (χ1n) is 7.49. The lowest BCUT2D eigenvalue weighted by atomic mass is 9.98. The van der Waals surface area contributed by atoms with Gasteiger partial charge in [0.1, 0.15) is 0 Å². The molecule has 0 aliphatic rings. The number of allylic oxidation sites excluding steroid dienone is 1. The van der Waals surface area contributed by atoms with E-state index in [0.29, 0.717) is 0 Å². The quantitative estimate of drug-likeness (QED) is 0.560. The summed E-state index contributed by atoms with van der Waals surface area (Å²) >= 11 is 0. The fourth-order valence-corrected chi connectivity index (χ4v) is 1.53. The third kappa shape index (κ3) is 7.00. The highest BCUT2D eigenvalue weighted by molar-refractivity contribution is 5.67. The van der Waals surface area contributed by atoms with Gasteiger partial charge in [-0.3, -0.25) is 0 Å². The van der Waals surface area contributed by atoms with E-state index in [4.69, 9.17) is 0 Å². The number of rotatable bonds is 3. The van der Waals surface area contributed by atoms with Gasteiger partial charge in [0, 0.05) is 0 Å². The molecule has 1 rings (SSSR count). The zero-order valence-corrected chi connectivity index (χ0v) is 14.2. The van der Waals surface area contributed by atoms with Crippen LogP contribution in [0.2, 0.25) is 0 Å². The lowest BCUT2D eigenvalue weighted by molar-refractivity contribution is 1.11. The van der Waals surface area contributed by atoms with Gasteiger partial charge in [-0.1, -0.05) is 71.1 Å². The maximum atomic E-state index is 3.87. The van der Waals surface area contributed by atoms with Gasteiger partial charge in [-0.15, -0.1) is 0 Å². The molecule has 0 saturated heterocycles. The van der Waals surface area contributed by atoms with Gasteiger partial charge in [0.2, 0.25) is 0 Å². The van der Waals surface area contributed by atoms with Crippen LogP contribution in [0.5, 0.6) is 0 Å². The second-order valence-corrected chi connectivity index (χ2v) is 4.11. The van der Waals surface area contributed by atoms with E-state index >= 15 is 0 Å². The summed E-state index contributed by atoms with van der Waals surface area (Å²) in [4.78, 5) is 0. The number of benzene rings is 1. The summed E-state index contributed by atoms with van der Waals surface area (Å²) in [5.41, 5.74) is 6.59. The Labute approximate surface area is 121 Å². The second-order valence-electron chi connectivity index (χ2n) is 4.11. The normalized spacial score (nSPS) is 9.79. The van der Waals surface area contributed by atoms with Gasteiger partial charge in [0.25, 0.3) is 0 Å².